The molecule has 3 aromatic rings. The second kappa shape index (κ2) is 4.44. The molecule has 0 radical (unpaired) electrons. The number of aromatic amines is 1. The second-order valence-electron chi connectivity index (χ2n) is 6.51. The highest BCUT2D eigenvalue weighted by atomic mass is 16.2. The van der Waals surface area contributed by atoms with Gasteiger partial charge in [-0.25, -0.2) is 0 Å². The minimum Gasteiger partial charge on any atom is -0.356 e. The number of hydrogen-bond acceptors (Lipinski definition) is 2. The van der Waals surface area contributed by atoms with Crippen LogP contribution in [0.3, 0.4) is 0 Å². The predicted molar refractivity (Wildman–Crippen MR) is 88.5 cm³/mol. The van der Waals surface area contributed by atoms with Crippen LogP contribution in [-0.4, -0.2) is 27.3 Å². The molecule has 0 aliphatic carbocycles. The van der Waals surface area contributed by atoms with Crippen LogP contribution < -0.4 is 0 Å². The molecule has 1 aromatic carbocycles. The molecule has 4 heteroatoms. The lowest BCUT2D eigenvalue weighted by atomic mass is 9.86. The SMILES string of the molecule is Cc1cncc2c1C[C@H]1c3[nH]c4ccccc4c3CCN1C2=O. The van der Waals surface area contributed by atoms with Gasteiger partial charge in [-0.05, 0) is 42.5 Å². The summed E-state index contributed by atoms with van der Waals surface area (Å²) in [6.45, 7) is 2.83. The number of carbonyl (C=O) groups is 1. The van der Waals surface area contributed by atoms with Crippen molar-refractivity contribution in [2.45, 2.75) is 25.8 Å². The van der Waals surface area contributed by atoms with E-state index in [-0.39, 0.29) is 11.9 Å². The van der Waals surface area contributed by atoms with Gasteiger partial charge in [0, 0.05) is 35.5 Å². The molecule has 0 saturated carbocycles. The predicted octanol–water partition coefficient (Wildman–Crippen LogP) is 3.17. The smallest absolute Gasteiger partial charge is 0.256 e. The number of pyridine rings is 1. The number of carbonyl (C=O) groups excluding carboxylic acids is 1. The normalized spacial score (nSPS) is 19.4. The van der Waals surface area contributed by atoms with Crippen LogP contribution in [0.5, 0.6) is 0 Å². The molecule has 0 spiro atoms. The maximum atomic E-state index is 12.9. The first kappa shape index (κ1) is 12.9. The number of para-hydroxylation sites is 1. The number of benzene rings is 1. The van der Waals surface area contributed by atoms with Crippen LogP contribution in [0.1, 0.15) is 38.8 Å². The van der Waals surface area contributed by atoms with Crippen LogP contribution in [0.4, 0.5) is 0 Å². The van der Waals surface area contributed by atoms with Crippen LogP contribution >= 0.6 is 0 Å². The first-order valence-electron chi connectivity index (χ1n) is 8.08. The molecule has 0 fully saturated rings. The van der Waals surface area contributed by atoms with Gasteiger partial charge in [0.1, 0.15) is 0 Å². The Morgan fingerprint density at radius 1 is 1.22 bits per heavy atom. The fraction of sp³-hybridized carbons (Fsp3) is 0.263. The van der Waals surface area contributed by atoms with Crippen LogP contribution in [0, 0.1) is 6.92 Å². The third-order valence-electron chi connectivity index (χ3n) is 5.32. The molecule has 2 aliphatic heterocycles. The van der Waals surface area contributed by atoms with Crippen molar-refractivity contribution in [3.05, 3.63) is 64.6 Å². The van der Waals surface area contributed by atoms with Crippen molar-refractivity contribution in [3.63, 3.8) is 0 Å². The van der Waals surface area contributed by atoms with Crippen molar-refractivity contribution in [3.8, 4) is 0 Å². The van der Waals surface area contributed by atoms with Gasteiger partial charge < -0.3 is 9.88 Å². The zero-order valence-corrected chi connectivity index (χ0v) is 13.0. The lowest BCUT2D eigenvalue weighted by Gasteiger charge is -2.40. The van der Waals surface area contributed by atoms with E-state index in [4.69, 9.17) is 0 Å². The van der Waals surface area contributed by atoms with E-state index in [2.05, 4.69) is 34.2 Å². The maximum absolute atomic E-state index is 12.9. The summed E-state index contributed by atoms with van der Waals surface area (Å²) >= 11 is 0. The highest BCUT2D eigenvalue weighted by Gasteiger charge is 2.38. The number of hydrogen-bond donors (Lipinski definition) is 1. The number of aromatic nitrogens is 2. The number of aryl methyl sites for hydroxylation is 1. The van der Waals surface area contributed by atoms with Crippen LogP contribution in [-0.2, 0) is 12.8 Å². The zero-order chi connectivity index (χ0) is 15.6. The maximum Gasteiger partial charge on any atom is 0.256 e. The number of nitrogens with zero attached hydrogens (tertiary/aromatic N) is 2. The Hall–Kier alpha value is -2.62. The molecular weight excluding hydrogens is 286 g/mol. The lowest BCUT2D eigenvalue weighted by Crippen LogP contribution is -2.44. The summed E-state index contributed by atoms with van der Waals surface area (Å²) in [5.74, 6) is 0.122. The highest BCUT2D eigenvalue weighted by molar-refractivity contribution is 5.98. The molecule has 2 aromatic heterocycles. The molecule has 4 heterocycles. The fourth-order valence-electron chi connectivity index (χ4n) is 4.17. The minimum absolute atomic E-state index is 0.118. The molecule has 2 aliphatic rings. The molecule has 1 N–H and O–H groups in total. The molecule has 114 valence electrons. The summed E-state index contributed by atoms with van der Waals surface area (Å²) in [7, 11) is 0. The van der Waals surface area contributed by atoms with Gasteiger partial charge in [0.2, 0.25) is 0 Å². The highest BCUT2D eigenvalue weighted by Crippen LogP contribution is 2.40. The van der Waals surface area contributed by atoms with Crippen molar-refractivity contribution in [1.29, 1.82) is 0 Å². The zero-order valence-electron chi connectivity index (χ0n) is 13.0. The van der Waals surface area contributed by atoms with E-state index < -0.39 is 0 Å². The third kappa shape index (κ3) is 1.66. The van der Waals surface area contributed by atoms with Crippen LogP contribution in [0.15, 0.2) is 36.7 Å². The number of nitrogens with one attached hydrogen (secondary N) is 1. The summed E-state index contributed by atoms with van der Waals surface area (Å²) in [4.78, 5) is 22.7. The van der Waals surface area contributed by atoms with E-state index in [9.17, 15) is 4.79 Å². The fourth-order valence-corrected chi connectivity index (χ4v) is 4.17. The van der Waals surface area contributed by atoms with Crippen molar-refractivity contribution >= 4 is 16.8 Å². The lowest BCUT2D eigenvalue weighted by molar-refractivity contribution is 0.0627. The molecule has 23 heavy (non-hydrogen) atoms. The molecule has 0 saturated heterocycles. The Morgan fingerprint density at radius 3 is 3.00 bits per heavy atom. The Bertz CT molecular complexity index is 956. The van der Waals surface area contributed by atoms with E-state index in [0.717, 1.165) is 36.1 Å². The Labute approximate surface area is 134 Å². The number of H-pyrrole nitrogens is 1. The van der Waals surface area contributed by atoms with Gasteiger partial charge in [0.05, 0.1) is 11.6 Å². The number of rotatable bonds is 0. The quantitative estimate of drug-likeness (QED) is 0.693. The summed E-state index contributed by atoms with van der Waals surface area (Å²) in [6.07, 6.45) is 5.36. The Balaban J connectivity index is 1.71. The summed E-state index contributed by atoms with van der Waals surface area (Å²) < 4.78 is 0. The first-order valence-corrected chi connectivity index (χ1v) is 8.08. The van der Waals surface area contributed by atoms with Gasteiger partial charge in [-0.15, -0.1) is 0 Å². The molecule has 0 bridgehead atoms. The van der Waals surface area contributed by atoms with E-state index in [0.29, 0.717) is 0 Å². The Morgan fingerprint density at radius 2 is 2.09 bits per heavy atom. The van der Waals surface area contributed by atoms with E-state index in [1.54, 1.807) is 6.20 Å². The summed E-state index contributed by atoms with van der Waals surface area (Å²) in [6, 6.07) is 8.55. The molecule has 5 rings (SSSR count). The molecule has 4 nitrogen and oxygen atoms in total. The molecule has 1 amide bonds. The van der Waals surface area contributed by atoms with Crippen molar-refractivity contribution < 1.29 is 4.79 Å². The molecular formula is C19H17N3O. The van der Waals surface area contributed by atoms with Gasteiger partial charge in [-0.3, -0.25) is 9.78 Å². The van der Waals surface area contributed by atoms with Crippen LogP contribution in [0.2, 0.25) is 0 Å². The third-order valence-corrected chi connectivity index (χ3v) is 5.32. The summed E-state index contributed by atoms with van der Waals surface area (Å²) in [5, 5.41) is 1.30. The van der Waals surface area contributed by atoms with E-state index >= 15 is 0 Å². The number of amides is 1. The average molecular weight is 303 g/mol. The minimum atomic E-state index is 0.118. The molecule has 0 unspecified atom stereocenters. The van der Waals surface area contributed by atoms with Gasteiger partial charge in [-0.2, -0.15) is 0 Å². The standard InChI is InChI=1S/C19H17N3O/c1-11-9-20-10-15-14(11)8-17-18-13(6-7-22(17)19(15)23)12-4-2-3-5-16(12)21-18/h2-5,9-10,17,21H,6-8H2,1H3/t17-/m0/s1. The van der Waals surface area contributed by atoms with Crippen LogP contribution in [0.25, 0.3) is 10.9 Å². The van der Waals surface area contributed by atoms with Gasteiger partial charge in [0.25, 0.3) is 5.91 Å². The second-order valence-corrected chi connectivity index (χ2v) is 6.51. The van der Waals surface area contributed by atoms with Gasteiger partial charge in [-0.1, -0.05) is 18.2 Å². The molecule has 1 atom stereocenters. The van der Waals surface area contributed by atoms with Gasteiger partial charge in [0.15, 0.2) is 0 Å². The van der Waals surface area contributed by atoms with Crippen molar-refractivity contribution in [1.82, 2.24) is 14.9 Å². The van der Waals surface area contributed by atoms with Crippen molar-refractivity contribution in [2.75, 3.05) is 6.54 Å². The summed E-state index contributed by atoms with van der Waals surface area (Å²) in [5.41, 5.74) is 6.80. The monoisotopic (exact) mass is 303 g/mol. The number of fused-ring (bicyclic) bond motifs is 6. The van der Waals surface area contributed by atoms with Gasteiger partial charge >= 0.3 is 0 Å². The average Bonchev–Trinajstić information content (AvgIpc) is 2.95. The largest absolute Gasteiger partial charge is 0.356 e. The Kier molecular flexibility index (Phi) is 2.49. The first-order chi connectivity index (χ1) is 11.2. The van der Waals surface area contributed by atoms with E-state index in [1.807, 2.05) is 18.0 Å². The van der Waals surface area contributed by atoms with E-state index in [1.165, 1.54) is 22.2 Å². The van der Waals surface area contributed by atoms with Crippen molar-refractivity contribution in [2.24, 2.45) is 0 Å². The topological polar surface area (TPSA) is 49.0 Å².